The van der Waals surface area contributed by atoms with E-state index in [2.05, 4.69) is 17.3 Å². The van der Waals surface area contributed by atoms with Gasteiger partial charge in [-0.2, -0.15) is 5.10 Å². The molecule has 1 atom stereocenters. The SMILES string of the molecule is CCCn1nccc1C(=O)N1CCC[C@]2(C1)C(=O)Nc1ccccc12. The molecule has 4 rings (SSSR count). The summed E-state index contributed by atoms with van der Waals surface area (Å²) < 4.78 is 1.76. The molecule has 2 aromatic rings. The molecule has 1 spiro atoms. The Bertz CT molecular complexity index is 828. The minimum atomic E-state index is -0.625. The van der Waals surface area contributed by atoms with Crippen LogP contribution >= 0.6 is 0 Å². The lowest BCUT2D eigenvalue weighted by molar-refractivity contribution is -0.122. The number of aromatic nitrogens is 2. The van der Waals surface area contributed by atoms with E-state index >= 15 is 0 Å². The van der Waals surface area contributed by atoms with Crippen molar-refractivity contribution < 1.29 is 9.59 Å². The van der Waals surface area contributed by atoms with Crippen LogP contribution in [0.2, 0.25) is 0 Å². The zero-order valence-electron chi connectivity index (χ0n) is 14.4. The van der Waals surface area contributed by atoms with Crippen LogP contribution in [0.15, 0.2) is 36.5 Å². The summed E-state index contributed by atoms with van der Waals surface area (Å²) in [6.07, 6.45) is 4.17. The van der Waals surface area contributed by atoms with E-state index in [0.29, 0.717) is 18.8 Å². The van der Waals surface area contributed by atoms with Gasteiger partial charge in [-0.1, -0.05) is 25.1 Å². The molecule has 2 amide bonds. The van der Waals surface area contributed by atoms with Crippen LogP contribution in [0.5, 0.6) is 0 Å². The summed E-state index contributed by atoms with van der Waals surface area (Å²) in [6.45, 7) is 3.88. The Hall–Kier alpha value is -2.63. The summed E-state index contributed by atoms with van der Waals surface area (Å²) in [5.74, 6) is -0.0320. The van der Waals surface area contributed by atoms with Crippen LogP contribution in [0.3, 0.4) is 0 Å². The predicted molar refractivity (Wildman–Crippen MR) is 94.4 cm³/mol. The average molecular weight is 338 g/mol. The number of nitrogens with zero attached hydrogens (tertiary/aromatic N) is 3. The van der Waals surface area contributed by atoms with Crippen molar-refractivity contribution in [1.29, 1.82) is 0 Å². The largest absolute Gasteiger partial charge is 0.336 e. The summed E-state index contributed by atoms with van der Waals surface area (Å²) in [7, 11) is 0. The summed E-state index contributed by atoms with van der Waals surface area (Å²) in [6, 6.07) is 9.58. The molecule has 0 bridgehead atoms. The molecule has 1 N–H and O–H groups in total. The van der Waals surface area contributed by atoms with Crippen molar-refractivity contribution in [1.82, 2.24) is 14.7 Å². The molecule has 6 nitrogen and oxygen atoms in total. The van der Waals surface area contributed by atoms with Gasteiger partial charge in [-0.25, -0.2) is 0 Å². The third kappa shape index (κ3) is 2.44. The number of para-hydroxylation sites is 1. The molecule has 130 valence electrons. The minimum absolute atomic E-state index is 0.00765. The molecular weight excluding hydrogens is 316 g/mol. The fourth-order valence-electron chi connectivity index (χ4n) is 4.07. The minimum Gasteiger partial charge on any atom is -0.336 e. The quantitative estimate of drug-likeness (QED) is 0.934. The Labute approximate surface area is 146 Å². The van der Waals surface area contributed by atoms with E-state index in [0.717, 1.165) is 37.1 Å². The van der Waals surface area contributed by atoms with Gasteiger partial charge in [0.05, 0.1) is 5.41 Å². The van der Waals surface area contributed by atoms with Crippen LogP contribution in [0, 0.1) is 0 Å². The molecule has 25 heavy (non-hydrogen) atoms. The lowest BCUT2D eigenvalue weighted by Gasteiger charge is -2.39. The van der Waals surface area contributed by atoms with Gasteiger partial charge in [-0.15, -0.1) is 0 Å². The number of nitrogens with one attached hydrogen (secondary N) is 1. The smallest absolute Gasteiger partial charge is 0.272 e. The lowest BCUT2D eigenvalue weighted by Crippen LogP contribution is -2.52. The number of carbonyl (C=O) groups excluding carboxylic acids is 2. The average Bonchev–Trinajstić information content (AvgIpc) is 3.19. The molecule has 1 aromatic heterocycles. The van der Waals surface area contributed by atoms with Crippen molar-refractivity contribution in [2.75, 3.05) is 18.4 Å². The third-order valence-corrected chi connectivity index (χ3v) is 5.28. The van der Waals surface area contributed by atoms with E-state index in [1.165, 1.54) is 0 Å². The number of anilines is 1. The predicted octanol–water partition coefficient (Wildman–Crippen LogP) is 2.42. The third-order valence-electron chi connectivity index (χ3n) is 5.28. The second-order valence-electron chi connectivity index (χ2n) is 6.85. The van der Waals surface area contributed by atoms with Gasteiger partial charge >= 0.3 is 0 Å². The second kappa shape index (κ2) is 6.02. The standard InChI is InChI=1S/C19H22N4O2/c1-2-11-23-16(8-10-20-23)17(24)22-12-5-9-19(13-22)14-6-3-4-7-15(14)21-18(19)25/h3-4,6-8,10H,2,5,9,11-13H2,1H3,(H,21,25)/t19-/m1/s1. The molecule has 2 aliphatic heterocycles. The van der Waals surface area contributed by atoms with Crippen LogP contribution in [0.4, 0.5) is 5.69 Å². The highest BCUT2D eigenvalue weighted by Crippen LogP contribution is 2.43. The second-order valence-corrected chi connectivity index (χ2v) is 6.85. The number of aryl methyl sites for hydroxylation is 1. The summed E-state index contributed by atoms with van der Waals surface area (Å²) in [5, 5.41) is 7.24. The molecule has 6 heteroatoms. The van der Waals surface area contributed by atoms with Crippen molar-refractivity contribution in [3.05, 3.63) is 47.8 Å². The molecule has 1 fully saturated rings. The van der Waals surface area contributed by atoms with Gasteiger partial charge < -0.3 is 10.2 Å². The monoisotopic (exact) mass is 338 g/mol. The van der Waals surface area contributed by atoms with Gasteiger partial charge in [-0.05, 0) is 37.0 Å². The number of hydrogen-bond donors (Lipinski definition) is 1. The zero-order valence-corrected chi connectivity index (χ0v) is 14.4. The number of fused-ring (bicyclic) bond motifs is 2. The Balaban J connectivity index is 1.65. The molecule has 3 heterocycles. The van der Waals surface area contributed by atoms with Crippen molar-refractivity contribution in [2.24, 2.45) is 0 Å². The van der Waals surface area contributed by atoms with E-state index in [1.54, 1.807) is 16.9 Å². The number of amides is 2. The van der Waals surface area contributed by atoms with Crippen molar-refractivity contribution >= 4 is 17.5 Å². The Morgan fingerprint density at radius 1 is 1.32 bits per heavy atom. The molecule has 2 aliphatic rings. The Morgan fingerprint density at radius 2 is 2.16 bits per heavy atom. The molecule has 0 radical (unpaired) electrons. The molecule has 1 saturated heterocycles. The van der Waals surface area contributed by atoms with Gasteiger partial charge in [0, 0.05) is 31.5 Å². The van der Waals surface area contributed by atoms with E-state index in [-0.39, 0.29) is 11.8 Å². The van der Waals surface area contributed by atoms with Crippen LogP contribution in [0.1, 0.15) is 42.2 Å². The lowest BCUT2D eigenvalue weighted by atomic mass is 9.75. The fraction of sp³-hybridized carbons (Fsp3) is 0.421. The van der Waals surface area contributed by atoms with E-state index < -0.39 is 5.41 Å². The van der Waals surface area contributed by atoms with Crippen LogP contribution in [0.25, 0.3) is 0 Å². The number of benzene rings is 1. The maximum Gasteiger partial charge on any atom is 0.272 e. The van der Waals surface area contributed by atoms with Gasteiger partial charge in [0.1, 0.15) is 5.69 Å². The highest BCUT2D eigenvalue weighted by molar-refractivity contribution is 6.07. The van der Waals surface area contributed by atoms with Crippen molar-refractivity contribution in [3.8, 4) is 0 Å². The van der Waals surface area contributed by atoms with Crippen molar-refractivity contribution in [3.63, 3.8) is 0 Å². The maximum atomic E-state index is 13.0. The first kappa shape index (κ1) is 15.9. The van der Waals surface area contributed by atoms with Crippen LogP contribution in [-0.2, 0) is 16.8 Å². The van der Waals surface area contributed by atoms with E-state index in [4.69, 9.17) is 0 Å². The van der Waals surface area contributed by atoms with Crippen molar-refractivity contribution in [2.45, 2.75) is 38.1 Å². The van der Waals surface area contributed by atoms with Crippen LogP contribution in [-0.4, -0.2) is 39.6 Å². The number of likely N-dealkylation sites (tertiary alicyclic amines) is 1. The Kier molecular flexibility index (Phi) is 3.82. The molecule has 0 aliphatic carbocycles. The Morgan fingerprint density at radius 3 is 3.00 bits per heavy atom. The molecule has 0 saturated carbocycles. The summed E-state index contributed by atoms with van der Waals surface area (Å²) in [5.41, 5.74) is 1.86. The normalized spacial score (nSPS) is 22.1. The zero-order chi connectivity index (χ0) is 17.4. The fourth-order valence-corrected chi connectivity index (χ4v) is 4.07. The molecular formula is C19H22N4O2. The topological polar surface area (TPSA) is 67.2 Å². The van der Waals surface area contributed by atoms with Gasteiger partial charge in [-0.3, -0.25) is 14.3 Å². The first-order valence-corrected chi connectivity index (χ1v) is 8.88. The van der Waals surface area contributed by atoms with Gasteiger partial charge in [0.15, 0.2) is 0 Å². The summed E-state index contributed by atoms with van der Waals surface area (Å²) >= 11 is 0. The van der Waals surface area contributed by atoms with Crippen LogP contribution < -0.4 is 5.32 Å². The number of rotatable bonds is 3. The number of piperidine rings is 1. The van der Waals surface area contributed by atoms with E-state index in [1.807, 2.05) is 29.2 Å². The van der Waals surface area contributed by atoms with Gasteiger partial charge in [0.2, 0.25) is 5.91 Å². The van der Waals surface area contributed by atoms with E-state index in [9.17, 15) is 9.59 Å². The first-order chi connectivity index (χ1) is 12.2. The number of hydrogen-bond acceptors (Lipinski definition) is 3. The number of carbonyl (C=O) groups is 2. The first-order valence-electron chi connectivity index (χ1n) is 8.88. The molecule has 1 aromatic carbocycles. The highest BCUT2D eigenvalue weighted by atomic mass is 16.2. The summed E-state index contributed by atoms with van der Waals surface area (Å²) in [4.78, 5) is 27.6. The highest BCUT2D eigenvalue weighted by Gasteiger charge is 2.50. The molecule has 0 unspecified atom stereocenters. The maximum absolute atomic E-state index is 13.0. The van der Waals surface area contributed by atoms with Gasteiger partial charge in [0.25, 0.3) is 5.91 Å².